The molecule has 3 aromatic carbocycles. The monoisotopic (exact) mass is 435 g/mol. The van der Waals surface area contributed by atoms with E-state index >= 15 is 0 Å². The number of aromatic nitrogens is 3. The molecule has 6 nitrogen and oxygen atoms in total. The Morgan fingerprint density at radius 3 is 1.79 bits per heavy atom. The zero-order chi connectivity index (χ0) is 22.8. The molecule has 162 valence electrons. The van der Waals surface area contributed by atoms with E-state index in [4.69, 9.17) is 4.52 Å². The van der Waals surface area contributed by atoms with Gasteiger partial charge in [0, 0.05) is 6.20 Å². The molecule has 2 aromatic heterocycles. The first kappa shape index (κ1) is 20.5. The second-order valence-corrected chi connectivity index (χ2v) is 7.74. The maximum absolute atomic E-state index is 11.8. The van der Waals surface area contributed by atoms with Gasteiger partial charge in [0.2, 0.25) is 0 Å². The third kappa shape index (κ3) is 3.32. The molecule has 0 amide bonds. The molecule has 0 saturated heterocycles. The van der Waals surface area contributed by atoms with Crippen LogP contribution in [0, 0.1) is 6.92 Å². The summed E-state index contributed by atoms with van der Waals surface area (Å²) in [5.41, 5.74) is 3.05. The Morgan fingerprint density at radius 1 is 0.848 bits per heavy atom. The lowest BCUT2D eigenvalue weighted by molar-refractivity contribution is 0.0695. The summed E-state index contributed by atoms with van der Waals surface area (Å²) in [6, 6.07) is 30.5. The minimum atomic E-state index is -1.10. The third-order valence-electron chi connectivity index (χ3n) is 5.86. The number of imidazole rings is 1. The van der Waals surface area contributed by atoms with E-state index in [0.717, 1.165) is 16.7 Å². The topological polar surface area (TPSA) is 81.2 Å². The van der Waals surface area contributed by atoms with E-state index in [2.05, 4.69) is 46.5 Å². The zero-order valence-electron chi connectivity index (χ0n) is 17.9. The summed E-state index contributed by atoms with van der Waals surface area (Å²) in [6.45, 7) is 1.58. The number of aromatic carboxylic acids is 1. The minimum Gasteiger partial charge on any atom is -0.477 e. The van der Waals surface area contributed by atoms with Crippen molar-refractivity contribution in [3.05, 3.63) is 132 Å². The normalized spacial score (nSPS) is 11.4. The molecule has 1 N–H and O–H groups in total. The Balaban J connectivity index is 1.81. The molecule has 0 bridgehead atoms. The van der Waals surface area contributed by atoms with E-state index in [1.807, 2.05) is 65.4 Å². The lowest BCUT2D eigenvalue weighted by atomic mass is 9.77. The van der Waals surface area contributed by atoms with Gasteiger partial charge >= 0.3 is 5.97 Å². The highest BCUT2D eigenvalue weighted by Crippen LogP contribution is 2.41. The summed E-state index contributed by atoms with van der Waals surface area (Å²) in [5, 5.41) is 13.7. The second-order valence-electron chi connectivity index (χ2n) is 7.74. The van der Waals surface area contributed by atoms with E-state index in [1.54, 1.807) is 13.3 Å². The fourth-order valence-corrected chi connectivity index (χ4v) is 4.41. The number of benzene rings is 3. The highest BCUT2D eigenvalue weighted by molar-refractivity contribution is 5.95. The molecule has 5 aromatic rings. The molecule has 2 heterocycles. The Labute approximate surface area is 190 Å². The number of hydrogen-bond acceptors (Lipinski definition) is 4. The Bertz CT molecular complexity index is 1290. The van der Waals surface area contributed by atoms with Crippen LogP contribution in [-0.4, -0.2) is 25.8 Å². The van der Waals surface area contributed by atoms with E-state index in [0.29, 0.717) is 5.69 Å². The summed E-state index contributed by atoms with van der Waals surface area (Å²) < 4.78 is 7.19. The molecule has 0 aliphatic heterocycles. The summed E-state index contributed by atoms with van der Waals surface area (Å²) >= 11 is 0. The van der Waals surface area contributed by atoms with Crippen LogP contribution in [0.5, 0.6) is 0 Å². The van der Waals surface area contributed by atoms with E-state index in [-0.39, 0.29) is 17.0 Å². The van der Waals surface area contributed by atoms with Crippen LogP contribution in [0.3, 0.4) is 0 Å². The van der Waals surface area contributed by atoms with Gasteiger partial charge in [0.1, 0.15) is 28.3 Å². The molecule has 0 radical (unpaired) electrons. The molecule has 0 aliphatic rings. The van der Waals surface area contributed by atoms with Gasteiger partial charge in [-0.15, -0.1) is 0 Å². The Kier molecular flexibility index (Phi) is 5.11. The summed E-state index contributed by atoms with van der Waals surface area (Å²) in [7, 11) is 0. The first-order valence-electron chi connectivity index (χ1n) is 10.5. The SMILES string of the molecule is Cc1onc(-c2cn(C(c3ccccc3)(c3ccccc3)c3ccccc3)cn2)c1C(=O)O. The van der Waals surface area contributed by atoms with Crippen molar-refractivity contribution < 1.29 is 14.4 Å². The molecule has 5 rings (SSSR count). The fraction of sp³-hybridized carbons (Fsp3) is 0.0741. The predicted octanol–water partition coefficient (Wildman–Crippen LogP) is 5.38. The standard InChI is InChI=1S/C27H21N3O3/c1-19-24(26(31)32)25(29-33-19)23-17-30(18-28-23)27(20-11-5-2-6-12-20,21-13-7-3-8-14-21)22-15-9-4-10-16-22/h2-18H,1H3,(H,31,32). The van der Waals surface area contributed by atoms with Gasteiger partial charge in [0.05, 0.1) is 6.33 Å². The van der Waals surface area contributed by atoms with Crippen LogP contribution in [0.1, 0.15) is 32.8 Å². The van der Waals surface area contributed by atoms with Crippen LogP contribution >= 0.6 is 0 Å². The van der Waals surface area contributed by atoms with E-state index in [1.165, 1.54) is 0 Å². The molecule has 33 heavy (non-hydrogen) atoms. The van der Waals surface area contributed by atoms with Crippen LogP contribution in [-0.2, 0) is 5.54 Å². The average Bonchev–Trinajstić information content (AvgIpc) is 3.49. The summed E-state index contributed by atoms with van der Waals surface area (Å²) in [4.78, 5) is 16.4. The van der Waals surface area contributed by atoms with Gasteiger partial charge in [-0.3, -0.25) is 0 Å². The lowest BCUT2D eigenvalue weighted by Crippen LogP contribution is -2.36. The number of carbonyl (C=O) groups is 1. The van der Waals surface area contributed by atoms with Crippen molar-refractivity contribution in [1.29, 1.82) is 0 Å². The van der Waals surface area contributed by atoms with Crippen LogP contribution < -0.4 is 0 Å². The zero-order valence-corrected chi connectivity index (χ0v) is 17.9. The van der Waals surface area contributed by atoms with Crippen molar-refractivity contribution in [2.24, 2.45) is 0 Å². The van der Waals surface area contributed by atoms with Gasteiger partial charge in [-0.1, -0.05) is 96.2 Å². The Morgan fingerprint density at radius 2 is 1.33 bits per heavy atom. The molecule has 0 unspecified atom stereocenters. The Hall–Kier alpha value is -4.45. The molecule has 6 heteroatoms. The second kappa shape index (κ2) is 8.24. The maximum atomic E-state index is 11.8. The number of carboxylic acids is 1. The van der Waals surface area contributed by atoms with Crippen molar-refractivity contribution >= 4 is 5.97 Å². The lowest BCUT2D eigenvalue weighted by Gasteiger charge is -2.37. The molecule has 0 aliphatic carbocycles. The van der Waals surface area contributed by atoms with Gasteiger partial charge < -0.3 is 14.2 Å². The number of nitrogens with zero attached hydrogens (tertiary/aromatic N) is 3. The minimum absolute atomic E-state index is 0.0185. The van der Waals surface area contributed by atoms with Crippen LogP contribution in [0.15, 0.2) is 108 Å². The van der Waals surface area contributed by atoms with Crippen LogP contribution in [0.25, 0.3) is 11.4 Å². The van der Waals surface area contributed by atoms with Gasteiger partial charge in [-0.05, 0) is 23.6 Å². The van der Waals surface area contributed by atoms with Crippen LogP contribution in [0.4, 0.5) is 0 Å². The van der Waals surface area contributed by atoms with Crippen molar-refractivity contribution in [3.8, 4) is 11.4 Å². The average molecular weight is 435 g/mol. The van der Waals surface area contributed by atoms with Gasteiger partial charge in [0.15, 0.2) is 0 Å². The van der Waals surface area contributed by atoms with E-state index < -0.39 is 11.5 Å². The third-order valence-corrected chi connectivity index (χ3v) is 5.86. The quantitative estimate of drug-likeness (QED) is 0.362. The number of rotatable bonds is 6. The fourth-order valence-electron chi connectivity index (χ4n) is 4.41. The van der Waals surface area contributed by atoms with E-state index in [9.17, 15) is 9.90 Å². The largest absolute Gasteiger partial charge is 0.477 e. The predicted molar refractivity (Wildman–Crippen MR) is 124 cm³/mol. The molecule has 0 fully saturated rings. The van der Waals surface area contributed by atoms with Crippen molar-refractivity contribution in [1.82, 2.24) is 14.7 Å². The first-order chi connectivity index (χ1) is 16.1. The first-order valence-corrected chi connectivity index (χ1v) is 10.5. The van der Waals surface area contributed by atoms with Gasteiger partial charge in [-0.25, -0.2) is 9.78 Å². The smallest absolute Gasteiger partial charge is 0.341 e. The number of hydrogen-bond donors (Lipinski definition) is 1. The van der Waals surface area contributed by atoms with Crippen LogP contribution in [0.2, 0.25) is 0 Å². The van der Waals surface area contributed by atoms with Crippen molar-refractivity contribution in [2.75, 3.05) is 0 Å². The number of aryl methyl sites for hydroxylation is 1. The summed E-state index contributed by atoms with van der Waals surface area (Å²) in [6.07, 6.45) is 3.55. The highest BCUT2D eigenvalue weighted by atomic mass is 16.5. The van der Waals surface area contributed by atoms with Gasteiger partial charge in [0.25, 0.3) is 0 Å². The maximum Gasteiger partial charge on any atom is 0.341 e. The highest BCUT2D eigenvalue weighted by Gasteiger charge is 2.38. The molecule has 0 atom stereocenters. The molecular formula is C27H21N3O3. The molecule has 0 saturated carbocycles. The molecule has 0 spiro atoms. The van der Waals surface area contributed by atoms with Gasteiger partial charge in [-0.2, -0.15) is 0 Å². The van der Waals surface area contributed by atoms with Crippen molar-refractivity contribution in [3.63, 3.8) is 0 Å². The molecular weight excluding hydrogens is 414 g/mol. The van der Waals surface area contributed by atoms with Crippen molar-refractivity contribution in [2.45, 2.75) is 12.5 Å². The summed E-state index contributed by atoms with van der Waals surface area (Å²) in [5.74, 6) is -0.855. The number of carboxylic acid groups (broad SMARTS) is 1.